The topological polar surface area (TPSA) is 39.2 Å². The smallest absolute Gasteiger partial charge is 0.349 e. The van der Waals surface area contributed by atoms with Crippen LogP contribution >= 0.6 is 11.3 Å². The van der Waals surface area contributed by atoms with E-state index in [1.54, 1.807) is 18.2 Å². The number of aromatic nitrogens is 1. The Morgan fingerprint density at radius 2 is 2.22 bits per heavy atom. The highest BCUT2D eigenvalue weighted by atomic mass is 32.1. The first-order valence-electron chi connectivity index (χ1n) is 5.60. The summed E-state index contributed by atoms with van der Waals surface area (Å²) in [4.78, 5) is 16.0. The number of thiazole rings is 1. The number of benzene rings is 1. The Balaban J connectivity index is 2.21. The van der Waals surface area contributed by atoms with Gasteiger partial charge in [0.1, 0.15) is 15.7 Å². The zero-order valence-electron chi connectivity index (χ0n) is 9.85. The molecule has 0 saturated heterocycles. The van der Waals surface area contributed by atoms with E-state index in [9.17, 15) is 9.18 Å². The molecule has 0 aliphatic rings. The van der Waals surface area contributed by atoms with Crippen LogP contribution < -0.4 is 0 Å². The molecule has 18 heavy (non-hydrogen) atoms. The minimum absolute atomic E-state index is 0.347. The quantitative estimate of drug-likeness (QED) is 0.794. The van der Waals surface area contributed by atoms with Gasteiger partial charge in [0.25, 0.3) is 0 Å². The van der Waals surface area contributed by atoms with Crippen molar-refractivity contribution >= 4 is 17.3 Å². The number of esters is 1. The molecule has 0 aliphatic carbocycles. The van der Waals surface area contributed by atoms with Crippen molar-refractivity contribution in [3.8, 4) is 10.6 Å². The van der Waals surface area contributed by atoms with Crippen molar-refractivity contribution in [1.82, 2.24) is 4.98 Å². The highest BCUT2D eigenvalue weighted by molar-refractivity contribution is 7.16. The average Bonchev–Trinajstić information content (AvgIpc) is 2.86. The van der Waals surface area contributed by atoms with Gasteiger partial charge in [-0.25, -0.2) is 14.2 Å². The maximum atomic E-state index is 13.5. The first kappa shape index (κ1) is 12.7. The number of hydrogen-bond donors (Lipinski definition) is 0. The molecule has 3 nitrogen and oxygen atoms in total. The van der Waals surface area contributed by atoms with E-state index in [1.807, 2.05) is 6.92 Å². The van der Waals surface area contributed by atoms with Crippen molar-refractivity contribution in [3.05, 3.63) is 41.2 Å². The maximum Gasteiger partial charge on any atom is 0.349 e. The van der Waals surface area contributed by atoms with Crippen LogP contribution in [0, 0.1) is 5.82 Å². The van der Waals surface area contributed by atoms with E-state index >= 15 is 0 Å². The predicted molar refractivity (Wildman–Crippen MR) is 68.1 cm³/mol. The number of nitrogens with zero attached hydrogens (tertiary/aromatic N) is 1. The lowest BCUT2D eigenvalue weighted by Crippen LogP contribution is -2.03. The first-order valence-corrected chi connectivity index (χ1v) is 6.42. The molecule has 1 aromatic carbocycles. The Morgan fingerprint density at radius 1 is 1.44 bits per heavy atom. The second kappa shape index (κ2) is 5.73. The van der Waals surface area contributed by atoms with Crippen LogP contribution in [0.15, 0.2) is 30.5 Å². The van der Waals surface area contributed by atoms with Crippen LogP contribution in [0.25, 0.3) is 10.6 Å². The lowest BCUT2D eigenvalue weighted by atomic mass is 10.2. The van der Waals surface area contributed by atoms with Gasteiger partial charge in [-0.2, -0.15) is 0 Å². The molecule has 0 fully saturated rings. The molecule has 0 aliphatic heterocycles. The van der Waals surface area contributed by atoms with Gasteiger partial charge in [-0.3, -0.25) is 0 Å². The average molecular weight is 265 g/mol. The number of carbonyl (C=O) groups is 1. The lowest BCUT2D eigenvalue weighted by Gasteiger charge is -1.99. The second-order valence-electron chi connectivity index (χ2n) is 3.65. The Hall–Kier alpha value is -1.75. The Kier molecular flexibility index (Phi) is 4.04. The number of carbonyl (C=O) groups excluding carboxylic acids is 1. The summed E-state index contributed by atoms with van der Waals surface area (Å²) >= 11 is 1.13. The monoisotopic (exact) mass is 265 g/mol. The van der Waals surface area contributed by atoms with Crippen LogP contribution in [0.3, 0.4) is 0 Å². The van der Waals surface area contributed by atoms with Gasteiger partial charge in [-0.1, -0.05) is 19.1 Å². The van der Waals surface area contributed by atoms with E-state index in [2.05, 4.69) is 4.98 Å². The van der Waals surface area contributed by atoms with E-state index in [1.165, 1.54) is 12.3 Å². The van der Waals surface area contributed by atoms with E-state index in [-0.39, 0.29) is 5.82 Å². The lowest BCUT2D eigenvalue weighted by molar-refractivity contribution is 0.0510. The molecule has 0 spiro atoms. The molecule has 0 unspecified atom stereocenters. The Morgan fingerprint density at radius 3 is 2.94 bits per heavy atom. The van der Waals surface area contributed by atoms with Crippen LogP contribution in [0.5, 0.6) is 0 Å². The summed E-state index contributed by atoms with van der Waals surface area (Å²) in [5.74, 6) is -0.753. The molecule has 2 aromatic rings. The molecule has 0 bridgehead atoms. The molecule has 5 heteroatoms. The van der Waals surface area contributed by atoms with Gasteiger partial charge in [0, 0.05) is 5.56 Å². The first-order chi connectivity index (χ1) is 8.72. The summed E-state index contributed by atoms with van der Waals surface area (Å²) in [5, 5.41) is 0.483. The molecule has 0 N–H and O–H groups in total. The summed E-state index contributed by atoms with van der Waals surface area (Å²) < 4.78 is 18.5. The third kappa shape index (κ3) is 2.73. The molecule has 1 heterocycles. The molecule has 1 aromatic heterocycles. The molecule has 0 atom stereocenters. The standard InChI is InChI=1S/C13H12FNO2S/c1-2-7-17-13(16)11-8-15-12(18-11)9-5-3-4-6-10(9)14/h3-6,8H,2,7H2,1H3. The summed E-state index contributed by atoms with van der Waals surface area (Å²) in [5.41, 5.74) is 0.400. The predicted octanol–water partition coefficient (Wildman–Crippen LogP) is 3.52. The van der Waals surface area contributed by atoms with Gasteiger partial charge in [0.05, 0.1) is 12.8 Å². The molecule has 2 rings (SSSR count). The van der Waals surface area contributed by atoms with Crippen LogP contribution in [0.4, 0.5) is 4.39 Å². The van der Waals surface area contributed by atoms with Gasteiger partial charge < -0.3 is 4.74 Å². The molecular formula is C13H12FNO2S. The molecule has 0 radical (unpaired) electrons. The highest BCUT2D eigenvalue weighted by Crippen LogP contribution is 2.27. The molecule has 94 valence electrons. The second-order valence-corrected chi connectivity index (χ2v) is 4.68. The van der Waals surface area contributed by atoms with Gasteiger partial charge in [0.15, 0.2) is 0 Å². The summed E-state index contributed by atoms with van der Waals surface area (Å²) in [6.07, 6.45) is 2.19. The molecular weight excluding hydrogens is 253 g/mol. The van der Waals surface area contributed by atoms with E-state index in [0.717, 1.165) is 17.8 Å². The van der Waals surface area contributed by atoms with Crippen molar-refractivity contribution in [3.63, 3.8) is 0 Å². The number of halogens is 1. The third-order valence-electron chi connectivity index (χ3n) is 2.25. The Labute approximate surface area is 108 Å². The third-order valence-corrected chi connectivity index (χ3v) is 3.26. The van der Waals surface area contributed by atoms with Crippen molar-refractivity contribution in [2.45, 2.75) is 13.3 Å². The molecule has 0 saturated carbocycles. The van der Waals surface area contributed by atoms with Gasteiger partial charge in [0.2, 0.25) is 0 Å². The van der Waals surface area contributed by atoms with Crippen LogP contribution in [-0.2, 0) is 4.74 Å². The zero-order chi connectivity index (χ0) is 13.0. The minimum Gasteiger partial charge on any atom is -0.461 e. The summed E-state index contributed by atoms with van der Waals surface area (Å²) in [7, 11) is 0. The van der Waals surface area contributed by atoms with Crippen molar-refractivity contribution < 1.29 is 13.9 Å². The fourth-order valence-electron chi connectivity index (χ4n) is 1.39. The maximum absolute atomic E-state index is 13.5. The van der Waals surface area contributed by atoms with E-state index in [0.29, 0.717) is 22.1 Å². The van der Waals surface area contributed by atoms with Crippen molar-refractivity contribution in [2.24, 2.45) is 0 Å². The van der Waals surface area contributed by atoms with Gasteiger partial charge in [-0.15, -0.1) is 11.3 Å². The Bertz CT molecular complexity index is 553. The number of hydrogen-bond acceptors (Lipinski definition) is 4. The van der Waals surface area contributed by atoms with Gasteiger partial charge >= 0.3 is 5.97 Å². The fourth-order valence-corrected chi connectivity index (χ4v) is 2.23. The zero-order valence-corrected chi connectivity index (χ0v) is 10.7. The normalized spacial score (nSPS) is 10.3. The van der Waals surface area contributed by atoms with E-state index < -0.39 is 5.97 Å². The van der Waals surface area contributed by atoms with Crippen LogP contribution in [-0.4, -0.2) is 17.6 Å². The van der Waals surface area contributed by atoms with Crippen molar-refractivity contribution in [2.75, 3.05) is 6.61 Å². The van der Waals surface area contributed by atoms with Crippen LogP contribution in [0.1, 0.15) is 23.0 Å². The number of rotatable bonds is 4. The van der Waals surface area contributed by atoms with Crippen LogP contribution in [0.2, 0.25) is 0 Å². The van der Waals surface area contributed by atoms with E-state index in [4.69, 9.17) is 4.74 Å². The number of ether oxygens (including phenoxy) is 1. The summed E-state index contributed by atoms with van der Waals surface area (Å²) in [6, 6.07) is 6.35. The fraction of sp³-hybridized carbons (Fsp3) is 0.231. The minimum atomic E-state index is -0.406. The van der Waals surface area contributed by atoms with Crippen molar-refractivity contribution in [1.29, 1.82) is 0 Å². The molecule has 0 amide bonds. The summed E-state index contributed by atoms with van der Waals surface area (Å²) in [6.45, 7) is 2.30. The largest absolute Gasteiger partial charge is 0.461 e. The highest BCUT2D eigenvalue weighted by Gasteiger charge is 2.14. The van der Waals surface area contributed by atoms with Gasteiger partial charge in [-0.05, 0) is 18.6 Å². The SMILES string of the molecule is CCCOC(=O)c1cnc(-c2ccccc2F)s1.